The van der Waals surface area contributed by atoms with Crippen LogP contribution in [0.15, 0.2) is 17.8 Å². The van der Waals surface area contributed by atoms with Crippen molar-refractivity contribution in [3.8, 4) is 11.3 Å². The van der Waals surface area contributed by atoms with E-state index in [2.05, 4.69) is 15.4 Å². The van der Waals surface area contributed by atoms with Crippen LogP contribution in [0.4, 0.5) is 5.13 Å². The largest absolute Gasteiger partial charge is 0.383 e. The molecule has 0 bridgehead atoms. The summed E-state index contributed by atoms with van der Waals surface area (Å²) in [5.41, 5.74) is 2.00. The number of rotatable bonds is 5. The Morgan fingerprint density at radius 2 is 2.44 bits per heavy atom. The van der Waals surface area contributed by atoms with Crippen LogP contribution in [0.2, 0.25) is 0 Å². The number of nitrogens with one attached hydrogen (secondary N) is 1. The van der Waals surface area contributed by atoms with Crippen LogP contribution in [0.1, 0.15) is 0 Å². The summed E-state index contributed by atoms with van der Waals surface area (Å²) < 4.78 is 6.73. The first kappa shape index (κ1) is 11.1. The van der Waals surface area contributed by atoms with Crippen LogP contribution in [-0.2, 0) is 11.8 Å². The van der Waals surface area contributed by atoms with E-state index in [4.69, 9.17) is 4.74 Å². The normalized spacial score (nSPS) is 10.6. The van der Waals surface area contributed by atoms with Gasteiger partial charge in [0.05, 0.1) is 18.5 Å². The summed E-state index contributed by atoms with van der Waals surface area (Å²) >= 11 is 1.59. The minimum absolute atomic E-state index is 0.682. The van der Waals surface area contributed by atoms with Gasteiger partial charge in [-0.15, -0.1) is 11.3 Å². The van der Waals surface area contributed by atoms with E-state index in [1.54, 1.807) is 23.1 Å². The van der Waals surface area contributed by atoms with Gasteiger partial charge in [-0.2, -0.15) is 5.10 Å². The lowest BCUT2D eigenvalue weighted by molar-refractivity contribution is 0.211. The summed E-state index contributed by atoms with van der Waals surface area (Å²) in [6.07, 6.45) is 3.77. The van der Waals surface area contributed by atoms with Crippen molar-refractivity contribution in [2.24, 2.45) is 7.05 Å². The minimum atomic E-state index is 0.682. The highest BCUT2D eigenvalue weighted by Crippen LogP contribution is 2.23. The maximum absolute atomic E-state index is 4.96. The van der Waals surface area contributed by atoms with Crippen LogP contribution >= 0.6 is 11.3 Å². The molecule has 16 heavy (non-hydrogen) atoms. The topological polar surface area (TPSA) is 52.0 Å². The Morgan fingerprint density at radius 1 is 1.56 bits per heavy atom. The zero-order chi connectivity index (χ0) is 11.4. The van der Waals surface area contributed by atoms with Crippen LogP contribution in [0, 0.1) is 0 Å². The van der Waals surface area contributed by atoms with Crippen molar-refractivity contribution < 1.29 is 4.74 Å². The lowest BCUT2D eigenvalue weighted by atomic mass is 10.3. The maximum atomic E-state index is 4.96. The minimum Gasteiger partial charge on any atom is -0.383 e. The molecule has 0 spiro atoms. The van der Waals surface area contributed by atoms with Gasteiger partial charge in [0, 0.05) is 37.8 Å². The highest BCUT2D eigenvalue weighted by atomic mass is 32.1. The SMILES string of the molecule is COCCNc1nc(-c2cnn(C)c2)cs1. The third kappa shape index (κ3) is 2.59. The van der Waals surface area contributed by atoms with Crippen LogP contribution < -0.4 is 5.32 Å². The van der Waals surface area contributed by atoms with E-state index in [-0.39, 0.29) is 0 Å². The molecule has 0 radical (unpaired) electrons. The van der Waals surface area contributed by atoms with Crippen LogP contribution in [-0.4, -0.2) is 35.0 Å². The molecule has 0 amide bonds. The molecule has 0 atom stereocenters. The van der Waals surface area contributed by atoms with E-state index >= 15 is 0 Å². The number of ether oxygens (including phenoxy) is 1. The van der Waals surface area contributed by atoms with E-state index in [0.29, 0.717) is 6.61 Å². The highest BCUT2D eigenvalue weighted by Gasteiger charge is 2.05. The lowest BCUT2D eigenvalue weighted by Gasteiger charge is -1.99. The second kappa shape index (κ2) is 5.09. The fourth-order valence-electron chi connectivity index (χ4n) is 1.30. The monoisotopic (exact) mass is 238 g/mol. The smallest absolute Gasteiger partial charge is 0.183 e. The van der Waals surface area contributed by atoms with E-state index in [0.717, 1.165) is 22.9 Å². The van der Waals surface area contributed by atoms with Crippen LogP contribution in [0.3, 0.4) is 0 Å². The summed E-state index contributed by atoms with van der Waals surface area (Å²) in [7, 11) is 3.58. The first-order valence-electron chi connectivity index (χ1n) is 4.97. The zero-order valence-corrected chi connectivity index (χ0v) is 10.1. The molecule has 0 aliphatic rings. The molecule has 2 aromatic heterocycles. The van der Waals surface area contributed by atoms with Gasteiger partial charge in [-0.05, 0) is 0 Å². The number of anilines is 1. The van der Waals surface area contributed by atoms with Crippen molar-refractivity contribution in [1.82, 2.24) is 14.8 Å². The van der Waals surface area contributed by atoms with Crippen molar-refractivity contribution in [3.05, 3.63) is 17.8 Å². The van der Waals surface area contributed by atoms with Crippen LogP contribution in [0.25, 0.3) is 11.3 Å². The van der Waals surface area contributed by atoms with Gasteiger partial charge in [-0.1, -0.05) is 0 Å². The first-order chi connectivity index (χ1) is 7.79. The Kier molecular flexibility index (Phi) is 3.53. The van der Waals surface area contributed by atoms with E-state index in [1.807, 2.05) is 24.8 Å². The number of methoxy groups -OCH3 is 1. The summed E-state index contributed by atoms with van der Waals surface area (Å²) in [4.78, 5) is 4.46. The van der Waals surface area contributed by atoms with Crippen molar-refractivity contribution in [3.63, 3.8) is 0 Å². The molecule has 0 unspecified atom stereocenters. The van der Waals surface area contributed by atoms with Gasteiger partial charge in [0.25, 0.3) is 0 Å². The van der Waals surface area contributed by atoms with Gasteiger partial charge < -0.3 is 10.1 Å². The quantitative estimate of drug-likeness (QED) is 0.804. The lowest BCUT2D eigenvalue weighted by Crippen LogP contribution is -2.06. The summed E-state index contributed by atoms with van der Waals surface area (Å²) in [5.74, 6) is 0. The summed E-state index contributed by atoms with van der Waals surface area (Å²) in [5, 5.41) is 10.2. The predicted octanol–water partition coefficient (Wildman–Crippen LogP) is 1.60. The number of aryl methyl sites for hydroxylation is 1. The molecule has 2 rings (SSSR count). The molecule has 0 aliphatic carbocycles. The maximum Gasteiger partial charge on any atom is 0.183 e. The Hall–Kier alpha value is -1.40. The van der Waals surface area contributed by atoms with E-state index < -0.39 is 0 Å². The third-order valence-electron chi connectivity index (χ3n) is 2.09. The fourth-order valence-corrected chi connectivity index (χ4v) is 2.05. The van der Waals surface area contributed by atoms with Gasteiger partial charge in [-0.25, -0.2) is 4.98 Å². The zero-order valence-electron chi connectivity index (χ0n) is 9.30. The number of aromatic nitrogens is 3. The van der Waals surface area contributed by atoms with Crippen molar-refractivity contribution in [2.75, 3.05) is 25.6 Å². The molecule has 5 nitrogen and oxygen atoms in total. The van der Waals surface area contributed by atoms with Gasteiger partial charge in [-0.3, -0.25) is 4.68 Å². The predicted molar refractivity (Wildman–Crippen MR) is 64.7 cm³/mol. The van der Waals surface area contributed by atoms with E-state index in [1.165, 1.54) is 0 Å². The molecule has 6 heteroatoms. The molecule has 0 saturated carbocycles. The Labute approximate surface area is 98.1 Å². The van der Waals surface area contributed by atoms with Crippen LogP contribution in [0.5, 0.6) is 0 Å². The van der Waals surface area contributed by atoms with Gasteiger partial charge in [0.1, 0.15) is 0 Å². The second-order valence-corrected chi connectivity index (χ2v) is 4.22. The van der Waals surface area contributed by atoms with Crippen molar-refractivity contribution in [2.45, 2.75) is 0 Å². The summed E-state index contributed by atoms with van der Waals surface area (Å²) in [6, 6.07) is 0. The standard InChI is InChI=1S/C10H14N4OS/c1-14-6-8(5-12-14)9-7-16-10(13-9)11-3-4-15-2/h5-7H,3-4H2,1-2H3,(H,11,13). The molecule has 0 saturated heterocycles. The second-order valence-electron chi connectivity index (χ2n) is 3.36. The third-order valence-corrected chi connectivity index (χ3v) is 2.89. The van der Waals surface area contributed by atoms with Gasteiger partial charge in [0.2, 0.25) is 0 Å². The number of thiazole rings is 1. The van der Waals surface area contributed by atoms with Gasteiger partial charge in [0.15, 0.2) is 5.13 Å². The first-order valence-corrected chi connectivity index (χ1v) is 5.85. The molecular formula is C10H14N4OS. The Balaban J connectivity index is 2.02. The molecular weight excluding hydrogens is 224 g/mol. The molecule has 2 aromatic rings. The molecule has 0 aromatic carbocycles. The Morgan fingerprint density at radius 3 is 3.12 bits per heavy atom. The average molecular weight is 238 g/mol. The highest BCUT2D eigenvalue weighted by molar-refractivity contribution is 7.14. The molecule has 0 fully saturated rings. The van der Waals surface area contributed by atoms with Crippen molar-refractivity contribution >= 4 is 16.5 Å². The fraction of sp³-hybridized carbons (Fsp3) is 0.400. The number of hydrogen-bond acceptors (Lipinski definition) is 5. The van der Waals surface area contributed by atoms with Gasteiger partial charge >= 0.3 is 0 Å². The van der Waals surface area contributed by atoms with E-state index in [9.17, 15) is 0 Å². The number of nitrogens with zero attached hydrogens (tertiary/aromatic N) is 3. The summed E-state index contributed by atoms with van der Waals surface area (Å²) in [6.45, 7) is 1.46. The Bertz CT molecular complexity index is 451. The molecule has 86 valence electrons. The molecule has 1 N–H and O–H groups in total. The molecule has 0 aliphatic heterocycles. The van der Waals surface area contributed by atoms with Crippen molar-refractivity contribution in [1.29, 1.82) is 0 Å². The average Bonchev–Trinajstić information content (AvgIpc) is 2.87. The molecule has 2 heterocycles. The number of hydrogen-bond donors (Lipinski definition) is 1.